The van der Waals surface area contributed by atoms with Gasteiger partial charge in [0.25, 0.3) is 0 Å². The topological polar surface area (TPSA) is 239 Å². The number of aromatic nitrogens is 3. The summed E-state index contributed by atoms with van der Waals surface area (Å²) in [6.07, 6.45) is 17.1. The van der Waals surface area contributed by atoms with Crippen molar-refractivity contribution in [1.82, 2.24) is 44.4 Å². The third-order valence-electron chi connectivity index (χ3n) is 20.1. The van der Waals surface area contributed by atoms with E-state index in [9.17, 15) is 41.1 Å². The summed E-state index contributed by atoms with van der Waals surface area (Å²) in [7, 11) is -6.16. The number of hydrogen-bond donors (Lipinski definition) is 2. The van der Waals surface area contributed by atoms with Crippen LogP contribution in [0.3, 0.4) is 0 Å². The minimum atomic E-state index is -5.84. The summed E-state index contributed by atoms with van der Waals surface area (Å²) in [5.74, 6) is -1.29. The van der Waals surface area contributed by atoms with Crippen molar-refractivity contribution in [2.24, 2.45) is 11.8 Å². The van der Waals surface area contributed by atoms with Crippen LogP contribution in [0.5, 0.6) is 0 Å². The van der Waals surface area contributed by atoms with Gasteiger partial charge in [-0.05, 0) is 276 Å². The van der Waals surface area contributed by atoms with Crippen molar-refractivity contribution in [1.29, 1.82) is 0 Å². The Morgan fingerprint density at radius 2 is 0.991 bits per heavy atom. The fraction of sp³-hybridized carbons (Fsp3) is 0.580. The molecular weight excluding hydrogens is 1630 g/mol. The average Bonchev–Trinajstić information content (AvgIpc) is 1.58. The van der Waals surface area contributed by atoms with Crippen LogP contribution in [0.2, 0.25) is 10.0 Å². The van der Waals surface area contributed by atoms with Crippen LogP contribution < -0.4 is 67.7 Å². The Morgan fingerprint density at radius 1 is 0.596 bits per heavy atom. The van der Waals surface area contributed by atoms with Crippen LogP contribution >= 0.6 is 69.8 Å². The Hall–Kier alpha value is -4.23. The number of fused-ring (bicyclic) bond motifs is 3. The summed E-state index contributed by atoms with van der Waals surface area (Å²) in [6.45, 7) is 37.0. The number of likely N-dealkylation sites (tertiary alicyclic amines) is 4. The standard InChI is InChI=1S/C24H33N3O2S.C19H27BN2O2S.C13H15ClN2S.C12H18F3NO5S.C7H13NO2.C6H6ClNS.K/c1-17-7-9-20(27(16-17)23(28)29-24(2,3)4)18-8-10-21-19(15-18)25-22(30-21)11-14-26-12-5-6-13-26;1-18(2)19(3,4)24-20(23-18)14-7-8-16-15(13-14)21-17(25-16)9-12-22-10-5-6-11-22;14-10-3-4-12-11(9-10)15-13(17-12)5-8-16-6-1-2-7-16;1-8-5-6-9(21-22(18,19)12(13,14)15)16(7-8)10(17)20-11(2,3)4;9-7(10)3-6-8-4-1-2-5-8;7-4-1-2-6(9)5(8)3-4;/h8-10,15,17H,5-7,11-14,16H2,1-4H3;7-8,13H,5-6,9-12H2,1-4H3;3-4,9H,1-2,5-8H2;6,8H,5,7H2,1-4H3;1-6H2,(H,9,10);1-3,9H,8H2;/q;;;;;;+1/p-1/t17-;;;8-;;;/m0..0.../s1. The maximum Gasteiger partial charge on any atom is 1.00 e. The van der Waals surface area contributed by atoms with Gasteiger partial charge < -0.3 is 58.2 Å². The predicted molar refractivity (Wildman–Crippen MR) is 452 cm³/mol. The fourth-order valence-electron chi connectivity index (χ4n) is 13.4. The predicted octanol–water partition coefficient (Wildman–Crippen LogP) is 13.8. The van der Waals surface area contributed by atoms with Gasteiger partial charge in [-0.15, -0.1) is 46.6 Å². The number of nitrogens with two attached hydrogens (primary N) is 1. The number of thiol groups is 1. The normalized spacial score (nSPS) is 19.4. The molecule has 114 heavy (non-hydrogen) atoms. The van der Waals surface area contributed by atoms with E-state index in [1.165, 1.54) is 120 Å². The summed E-state index contributed by atoms with van der Waals surface area (Å²) in [4.78, 5) is 62.4. The molecule has 14 rings (SSSR count). The summed E-state index contributed by atoms with van der Waals surface area (Å²) in [6, 6.07) is 23.9. The van der Waals surface area contributed by atoms with Crippen molar-refractivity contribution in [3.05, 3.63) is 121 Å². The number of benzene rings is 4. The van der Waals surface area contributed by atoms with Gasteiger partial charge in [0.05, 0.1) is 62.6 Å². The van der Waals surface area contributed by atoms with Crippen molar-refractivity contribution in [2.45, 2.75) is 206 Å². The Balaban J connectivity index is 0.000000178. The maximum absolute atomic E-state index is 12.9. The van der Waals surface area contributed by atoms with E-state index < -0.39 is 44.8 Å². The van der Waals surface area contributed by atoms with Gasteiger partial charge in [-0.25, -0.2) is 29.4 Å². The number of aliphatic carboxylic acids is 1. The van der Waals surface area contributed by atoms with Crippen LogP contribution in [-0.4, -0.2) is 198 Å². The number of nitrogens with zero attached hydrogens (tertiary/aromatic N) is 9. The zero-order chi connectivity index (χ0) is 82.2. The molecule has 0 spiro atoms. The number of carboxylic acids is 1. The molecule has 2 atom stereocenters. The van der Waals surface area contributed by atoms with Crippen molar-refractivity contribution in [3.63, 3.8) is 0 Å². The van der Waals surface area contributed by atoms with E-state index in [1.54, 1.807) is 73.5 Å². The van der Waals surface area contributed by atoms with Gasteiger partial charge in [-0.1, -0.05) is 55.3 Å². The van der Waals surface area contributed by atoms with Gasteiger partial charge in [-0.2, -0.15) is 21.6 Å². The third-order valence-corrected chi connectivity index (χ3v) is 25.2. The number of carboxylic acid groups (broad SMARTS) is 1. The van der Waals surface area contributed by atoms with Crippen LogP contribution in [0.25, 0.3) is 36.3 Å². The van der Waals surface area contributed by atoms with Gasteiger partial charge >= 0.3 is 86.3 Å². The zero-order valence-corrected chi connectivity index (χ0v) is 77.0. The van der Waals surface area contributed by atoms with E-state index in [0.29, 0.717) is 29.7 Å². The molecule has 7 aromatic rings. The van der Waals surface area contributed by atoms with E-state index in [1.807, 2.05) is 44.2 Å². The smallest absolute Gasteiger partial charge is 0.550 e. The number of anilines is 1. The van der Waals surface area contributed by atoms with Gasteiger partial charge in [0, 0.05) is 90.7 Å². The molecule has 5 saturated heterocycles. The van der Waals surface area contributed by atoms with Gasteiger partial charge in [-0.3, -0.25) is 4.90 Å². The summed E-state index contributed by atoms with van der Waals surface area (Å²) in [5.41, 5.74) is 4.66. The number of allylic oxidation sites excluding steroid dienone is 2. The second-order valence-corrected chi connectivity index (χ2v) is 38.9. The van der Waals surface area contributed by atoms with Crippen molar-refractivity contribution >= 4 is 153 Å². The number of amides is 2. The fourth-order valence-corrected chi connectivity index (χ4v) is 17.1. The number of carbonyl (C=O) groups is 3. The molecule has 10 heterocycles. The molecule has 0 aliphatic carbocycles. The van der Waals surface area contributed by atoms with Crippen LogP contribution in [-0.2, 0) is 57.1 Å². The van der Waals surface area contributed by atoms with Gasteiger partial charge in [0.15, 0.2) is 0 Å². The Kier molecular flexibility index (Phi) is 35.8. The van der Waals surface area contributed by atoms with E-state index in [4.69, 9.17) is 57.7 Å². The first-order chi connectivity index (χ1) is 53.1. The quantitative estimate of drug-likeness (QED) is 0.0300. The zero-order valence-electron chi connectivity index (χ0n) is 68.2. The number of alkyl halides is 3. The molecule has 7 aliphatic rings. The molecule has 0 bridgehead atoms. The number of halogens is 5. The van der Waals surface area contributed by atoms with Crippen LogP contribution in [0.4, 0.5) is 28.4 Å². The van der Waals surface area contributed by atoms with E-state index in [-0.39, 0.29) is 101 Å². The SMILES string of the molecule is CC1(C)OB(c2ccc3sc(CCN4CCCC4)nc3c2)OC1(C)C.C[C@H]1CC=C(OS(=O)(=O)C(F)(F)F)N(C(=O)OC(C)(C)C)C1.C[C@H]1CC=C(c2ccc3sc(CCN4CCCC4)nc3c2)N(C(=O)OC(C)(C)C)C1.Clc1ccc2sc(CCN3CCCC3)nc2c1.Nc1cc(Cl)ccc1S.O=C([O-])CCN1CCCC1.[K+]. The minimum Gasteiger partial charge on any atom is -0.550 e. The van der Waals surface area contributed by atoms with Crippen molar-refractivity contribution < 1.29 is 115 Å². The molecule has 21 nitrogen and oxygen atoms in total. The van der Waals surface area contributed by atoms with E-state index in [0.717, 1.165) is 113 Å². The molecule has 5 fully saturated rings. The minimum absolute atomic E-state index is 0. The largest absolute Gasteiger partial charge is 1.00 e. The maximum atomic E-state index is 12.9. The van der Waals surface area contributed by atoms with Crippen molar-refractivity contribution in [3.8, 4) is 0 Å². The number of nitrogen functional groups attached to an aromatic ring is 1. The molecule has 2 amide bonds. The van der Waals surface area contributed by atoms with E-state index >= 15 is 0 Å². The molecule has 3 aromatic heterocycles. The number of carbonyl (C=O) groups excluding carboxylic acids is 3. The monoisotopic (exact) mass is 1740 g/mol. The second kappa shape index (κ2) is 42.8. The first-order valence-corrected chi connectivity index (χ1v) is 44.2. The number of ether oxygens (including phenoxy) is 2. The molecule has 0 unspecified atom stereocenters. The summed E-state index contributed by atoms with van der Waals surface area (Å²) in [5, 5.41) is 15.1. The molecule has 33 heteroatoms. The molecule has 0 radical (unpaired) electrons. The van der Waals surface area contributed by atoms with Gasteiger partial charge in [0.2, 0.25) is 5.88 Å². The molecule has 620 valence electrons. The second-order valence-electron chi connectivity index (χ2n) is 32.7. The molecule has 0 saturated carbocycles. The Morgan fingerprint density at radius 3 is 1.43 bits per heavy atom. The number of rotatable bonds is 16. The van der Waals surface area contributed by atoms with Gasteiger partial charge in [0.1, 0.15) is 11.2 Å². The van der Waals surface area contributed by atoms with E-state index in [2.05, 4.69) is 125 Å². The van der Waals surface area contributed by atoms with Crippen molar-refractivity contribution in [2.75, 3.05) is 97.4 Å². The van der Waals surface area contributed by atoms with Crippen LogP contribution in [0.1, 0.15) is 174 Å². The summed E-state index contributed by atoms with van der Waals surface area (Å²) >= 11 is 21.0. The van der Waals surface area contributed by atoms with Crippen LogP contribution in [0.15, 0.2) is 95.7 Å². The van der Waals surface area contributed by atoms with Crippen LogP contribution in [0, 0.1) is 11.8 Å². The molecule has 4 aromatic carbocycles. The molecule has 7 aliphatic heterocycles. The molecular formula is C81H111BCl2F3KN10O11S5. The number of hydrogen-bond acceptors (Lipinski definition) is 23. The Labute approximate surface area is 741 Å². The third kappa shape index (κ3) is 29.3. The Bertz CT molecular complexity index is 4500. The first kappa shape index (κ1) is 95.2. The molecule has 2 N–H and O–H groups in total. The average molecular weight is 1740 g/mol. The number of thiazole rings is 3. The first-order valence-electron chi connectivity index (χ1n) is 39.1. The summed E-state index contributed by atoms with van der Waals surface area (Å²) < 4.78 is 90.2.